The fraction of sp³-hybridized carbons (Fsp3) is 0.333. The summed E-state index contributed by atoms with van der Waals surface area (Å²) in [4.78, 5) is 17.5. The van der Waals surface area contributed by atoms with Crippen molar-refractivity contribution in [3.05, 3.63) is 23.4 Å². The predicted octanol–water partition coefficient (Wildman–Crippen LogP) is 1.32. The molecule has 0 saturated heterocycles. The fourth-order valence-electron chi connectivity index (χ4n) is 1.22. The number of hydrogen-bond acceptors (Lipinski definition) is 5. The molecule has 0 fully saturated rings. The van der Waals surface area contributed by atoms with Crippen molar-refractivity contribution in [1.29, 1.82) is 0 Å². The molecule has 0 amide bonds. The molecule has 0 spiro atoms. The maximum Gasteiger partial charge on any atom is 0.337 e. The molecule has 0 unspecified atom stereocenters. The van der Waals surface area contributed by atoms with Gasteiger partial charge in [0.25, 0.3) is 0 Å². The predicted molar refractivity (Wildman–Crippen MR) is 55.6 cm³/mol. The first-order chi connectivity index (χ1) is 6.81. The summed E-state index contributed by atoms with van der Waals surface area (Å²) in [5.41, 5.74) is 0.600. The highest BCUT2D eigenvalue weighted by Crippen LogP contribution is 2.24. The van der Waals surface area contributed by atoms with Crippen LogP contribution >= 0.6 is 11.8 Å². The Labute approximate surface area is 86.3 Å². The van der Waals surface area contributed by atoms with E-state index in [-0.39, 0.29) is 5.97 Å². The number of thioether (sulfide) groups is 1. The molecule has 2 rings (SSSR count). The molecule has 0 saturated carbocycles. The van der Waals surface area contributed by atoms with Gasteiger partial charge in [-0.2, -0.15) is 0 Å². The Morgan fingerprint density at radius 1 is 1.79 bits per heavy atom. The summed E-state index contributed by atoms with van der Waals surface area (Å²) in [5, 5.41) is 2.86. The molecule has 0 aromatic carbocycles. The number of fused-ring (bicyclic) bond motifs is 1. The first-order valence-corrected chi connectivity index (χ1v) is 5.23. The van der Waals surface area contributed by atoms with E-state index in [0.717, 1.165) is 5.17 Å². The Balaban J connectivity index is 2.09. The van der Waals surface area contributed by atoms with Crippen LogP contribution in [0.3, 0.4) is 0 Å². The number of carbonyl (C=O) groups is 1. The van der Waals surface area contributed by atoms with Crippen LogP contribution in [0.1, 0.15) is 6.92 Å². The summed E-state index contributed by atoms with van der Waals surface area (Å²) in [6, 6.07) is 0. The van der Waals surface area contributed by atoms with Crippen molar-refractivity contribution in [1.82, 2.24) is 4.90 Å². The van der Waals surface area contributed by atoms with Crippen molar-refractivity contribution >= 4 is 22.9 Å². The van der Waals surface area contributed by atoms with Gasteiger partial charge in [0.1, 0.15) is 0 Å². The second-order valence-corrected chi connectivity index (χ2v) is 3.69. The molecule has 4 nitrogen and oxygen atoms in total. The van der Waals surface area contributed by atoms with Crippen molar-refractivity contribution in [2.75, 3.05) is 13.2 Å². The average molecular weight is 210 g/mol. The molecule has 2 aliphatic rings. The van der Waals surface area contributed by atoms with Gasteiger partial charge in [-0.15, -0.1) is 0 Å². The molecule has 0 aromatic rings. The highest BCUT2D eigenvalue weighted by atomic mass is 32.2. The molecular formula is C9H10N2O2S. The first kappa shape index (κ1) is 9.33. The number of rotatable bonds is 2. The third-order valence-electron chi connectivity index (χ3n) is 1.87. The second-order valence-electron chi connectivity index (χ2n) is 2.82. The SMILES string of the molecule is CCOC(=O)C1=CN=C2SC=CN2C1. The topological polar surface area (TPSA) is 41.9 Å². The van der Waals surface area contributed by atoms with Crippen LogP contribution in [-0.4, -0.2) is 29.2 Å². The number of ether oxygens (including phenoxy) is 1. The molecule has 2 heterocycles. The van der Waals surface area contributed by atoms with Gasteiger partial charge in [0, 0.05) is 12.4 Å². The molecule has 0 radical (unpaired) electrons. The molecule has 0 atom stereocenters. The van der Waals surface area contributed by atoms with Crippen LogP contribution in [0.25, 0.3) is 0 Å². The van der Waals surface area contributed by atoms with Crippen molar-refractivity contribution in [2.45, 2.75) is 6.92 Å². The molecule has 5 heteroatoms. The van der Waals surface area contributed by atoms with Gasteiger partial charge in [-0.05, 0) is 12.3 Å². The highest BCUT2D eigenvalue weighted by molar-refractivity contribution is 8.16. The smallest absolute Gasteiger partial charge is 0.337 e. The lowest BCUT2D eigenvalue weighted by Gasteiger charge is -2.20. The molecule has 0 aromatic heterocycles. The number of carbonyl (C=O) groups excluding carboxylic acids is 1. The van der Waals surface area contributed by atoms with E-state index in [0.29, 0.717) is 18.7 Å². The fourth-order valence-corrected chi connectivity index (χ4v) is 1.92. The Kier molecular flexibility index (Phi) is 2.58. The van der Waals surface area contributed by atoms with Gasteiger partial charge in [0.15, 0.2) is 5.17 Å². The summed E-state index contributed by atoms with van der Waals surface area (Å²) in [6.45, 7) is 2.75. The Morgan fingerprint density at radius 2 is 2.64 bits per heavy atom. The summed E-state index contributed by atoms with van der Waals surface area (Å²) < 4.78 is 4.90. The van der Waals surface area contributed by atoms with E-state index in [1.807, 2.05) is 16.5 Å². The lowest BCUT2D eigenvalue weighted by atomic mass is 10.2. The van der Waals surface area contributed by atoms with E-state index in [2.05, 4.69) is 4.99 Å². The average Bonchev–Trinajstić information content (AvgIpc) is 2.64. The van der Waals surface area contributed by atoms with Crippen LogP contribution in [0.2, 0.25) is 0 Å². The van der Waals surface area contributed by atoms with E-state index >= 15 is 0 Å². The van der Waals surface area contributed by atoms with Gasteiger partial charge in [-0.25, -0.2) is 9.79 Å². The first-order valence-electron chi connectivity index (χ1n) is 4.35. The quantitative estimate of drug-likeness (QED) is 0.645. The molecule has 0 aliphatic carbocycles. The van der Waals surface area contributed by atoms with Gasteiger partial charge in [-0.1, -0.05) is 11.8 Å². The summed E-state index contributed by atoms with van der Waals surface area (Å²) >= 11 is 1.55. The number of nitrogens with zero attached hydrogens (tertiary/aromatic N) is 2. The largest absolute Gasteiger partial charge is 0.463 e. The standard InChI is InChI=1S/C9H10N2O2S/c1-2-13-8(12)7-5-10-9-11(6-7)3-4-14-9/h3-5H,2,6H2,1H3. The zero-order valence-corrected chi connectivity index (χ0v) is 8.58. The third kappa shape index (κ3) is 1.68. The minimum Gasteiger partial charge on any atom is -0.463 e. The summed E-state index contributed by atoms with van der Waals surface area (Å²) in [7, 11) is 0. The minimum absolute atomic E-state index is 0.277. The highest BCUT2D eigenvalue weighted by Gasteiger charge is 2.22. The van der Waals surface area contributed by atoms with Crippen molar-refractivity contribution in [3.8, 4) is 0 Å². The summed E-state index contributed by atoms with van der Waals surface area (Å²) in [6.07, 6.45) is 3.50. The van der Waals surface area contributed by atoms with Gasteiger partial charge < -0.3 is 9.64 Å². The van der Waals surface area contributed by atoms with Gasteiger partial charge in [-0.3, -0.25) is 0 Å². The van der Waals surface area contributed by atoms with E-state index in [1.165, 1.54) is 0 Å². The molecule has 2 aliphatic heterocycles. The minimum atomic E-state index is -0.277. The summed E-state index contributed by atoms with van der Waals surface area (Å²) in [5.74, 6) is -0.277. The van der Waals surface area contributed by atoms with E-state index in [1.54, 1.807) is 24.9 Å². The number of amidine groups is 1. The monoisotopic (exact) mass is 210 g/mol. The Hall–Kier alpha value is -1.23. The van der Waals surface area contributed by atoms with Gasteiger partial charge in [0.05, 0.1) is 18.7 Å². The molecule has 0 bridgehead atoms. The third-order valence-corrected chi connectivity index (χ3v) is 2.68. The maximum atomic E-state index is 11.4. The van der Waals surface area contributed by atoms with E-state index < -0.39 is 0 Å². The van der Waals surface area contributed by atoms with Crippen LogP contribution in [0.4, 0.5) is 0 Å². The van der Waals surface area contributed by atoms with Crippen LogP contribution in [0, 0.1) is 0 Å². The maximum absolute atomic E-state index is 11.4. The molecule has 14 heavy (non-hydrogen) atoms. The van der Waals surface area contributed by atoms with Crippen molar-refractivity contribution in [3.63, 3.8) is 0 Å². The zero-order valence-electron chi connectivity index (χ0n) is 7.77. The van der Waals surface area contributed by atoms with Crippen LogP contribution in [0.15, 0.2) is 28.4 Å². The number of hydrogen-bond donors (Lipinski definition) is 0. The molecule has 0 N–H and O–H groups in total. The van der Waals surface area contributed by atoms with Crippen molar-refractivity contribution in [2.24, 2.45) is 4.99 Å². The normalized spacial score (nSPS) is 18.8. The van der Waals surface area contributed by atoms with Crippen LogP contribution in [0.5, 0.6) is 0 Å². The van der Waals surface area contributed by atoms with Gasteiger partial charge in [0.2, 0.25) is 0 Å². The van der Waals surface area contributed by atoms with Gasteiger partial charge >= 0.3 is 5.97 Å². The molecule has 74 valence electrons. The Morgan fingerprint density at radius 3 is 3.43 bits per heavy atom. The van der Waals surface area contributed by atoms with Crippen LogP contribution < -0.4 is 0 Å². The lowest BCUT2D eigenvalue weighted by Crippen LogP contribution is -2.28. The second kappa shape index (κ2) is 3.88. The van der Waals surface area contributed by atoms with E-state index in [4.69, 9.17) is 4.74 Å². The number of esters is 1. The zero-order chi connectivity index (χ0) is 9.97. The van der Waals surface area contributed by atoms with Crippen molar-refractivity contribution < 1.29 is 9.53 Å². The van der Waals surface area contributed by atoms with Crippen LogP contribution in [-0.2, 0) is 9.53 Å². The lowest BCUT2D eigenvalue weighted by molar-refractivity contribution is -0.138. The van der Waals surface area contributed by atoms with E-state index in [9.17, 15) is 4.79 Å². The Bertz CT molecular complexity index is 347. The number of aliphatic imine (C=N–C) groups is 1. The molecular weight excluding hydrogens is 200 g/mol.